The van der Waals surface area contributed by atoms with Gasteiger partial charge in [0, 0.05) is 6.54 Å². The highest BCUT2D eigenvalue weighted by Crippen LogP contribution is 2.32. The van der Waals surface area contributed by atoms with Gasteiger partial charge in [0.15, 0.2) is 0 Å². The van der Waals surface area contributed by atoms with E-state index in [1.807, 2.05) is 65.0 Å². The second-order valence-corrected chi connectivity index (χ2v) is 7.37. The van der Waals surface area contributed by atoms with Gasteiger partial charge in [-0.2, -0.15) is 0 Å². The SMILES string of the molecule is CC.CC.CC(C)(C)O.Cc1cnc(C2CCCN2C(=O)OCc2ccccc2)o1. The number of amides is 1. The Morgan fingerprint density at radius 2 is 1.77 bits per heavy atom. The van der Waals surface area contributed by atoms with Crippen molar-refractivity contribution >= 4 is 6.09 Å². The Labute approximate surface area is 182 Å². The van der Waals surface area contributed by atoms with Crippen LogP contribution in [0.25, 0.3) is 0 Å². The van der Waals surface area contributed by atoms with E-state index in [1.165, 1.54) is 0 Å². The second kappa shape index (κ2) is 14.6. The molecule has 1 aromatic heterocycles. The van der Waals surface area contributed by atoms with Crippen LogP contribution < -0.4 is 0 Å². The van der Waals surface area contributed by atoms with E-state index in [0.717, 1.165) is 24.2 Å². The van der Waals surface area contributed by atoms with Gasteiger partial charge in [0.1, 0.15) is 18.4 Å². The predicted molar refractivity (Wildman–Crippen MR) is 121 cm³/mol. The summed E-state index contributed by atoms with van der Waals surface area (Å²) in [5, 5.41) is 8.52. The van der Waals surface area contributed by atoms with E-state index in [-0.39, 0.29) is 18.7 Å². The zero-order valence-electron chi connectivity index (χ0n) is 19.9. The lowest BCUT2D eigenvalue weighted by molar-refractivity contribution is 0.0876. The van der Waals surface area contributed by atoms with Gasteiger partial charge in [0.05, 0.1) is 11.8 Å². The molecule has 1 aliphatic rings. The second-order valence-electron chi connectivity index (χ2n) is 7.37. The van der Waals surface area contributed by atoms with Gasteiger partial charge in [-0.15, -0.1) is 0 Å². The highest BCUT2D eigenvalue weighted by Gasteiger charge is 2.34. The lowest BCUT2D eigenvalue weighted by Crippen LogP contribution is -2.31. The average molecular weight is 421 g/mol. The van der Waals surface area contributed by atoms with Crippen molar-refractivity contribution in [3.63, 3.8) is 0 Å². The van der Waals surface area contributed by atoms with Crippen LogP contribution in [-0.4, -0.2) is 33.2 Å². The van der Waals surface area contributed by atoms with Crippen LogP contribution in [0.15, 0.2) is 40.9 Å². The number of likely N-dealkylation sites (tertiary alicyclic amines) is 1. The van der Waals surface area contributed by atoms with E-state index in [4.69, 9.17) is 14.3 Å². The fraction of sp³-hybridized carbons (Fsp3) is 0.583. The molecule has 1 saturated heterocycles. The topological polar surface area (TPSA) is 75.8 Å². The zero-order chi connectivity index (χ0) is 23.2. The Kier molecular flexibility index (Phi) is 13.5. The summed E-state index contributed by atoms with van der Waals surface area (Å²) in [5.74, 6) is 1.36. The van der Waals surface area contributed by atoms with Crippen LogP contribution in [0.4, 0.5) is 4.79 Å². The molecule has 2 heterocycles. The van der Waals surface area contributed by atoms with Crippen molar-refractivity contribution in [1.29, 1.82) is 0 Å². The summed E-state index contributed by atoms with van der Waals surface area (Å²) in [5.41, 5.74) is 0.480. The van der Waals surface area contributed by atoms with E-state index in [1.54, 1.807) is 31.9 Å². The van der Waals surface area contributed by atoms with Crippen molar-refractivity contribution in [2.24, 2.45) is 0 Å². The van der Waals surface area contributed by atoms with Crippen molar-refractivity contribution in [3.8, 4) is 0 Å². The van der Waals surface area contributed by atoms with Gasteiger partial charge in [-0.3, -0.25) is 4.90 Å². The highest BCUT2D eigenvalue weighted by molar-refractivity contribution is 5.68. The molecule has 0 saturated carbocycles. The van der Waals surface area contributed by atoms with Crippen LogP contribution in [0.3, 0.4) is 0 Å². The number of benzene rings is 1. The molecule has 1 atom stereocenters. The van der Waals surface area contributed by atoms with Crippen molar-refractivity contribution in [2.45, 2.75) is 86.5 Å². The van der Waals surface area contributed by atoms with Gasteiger partial charge in [0.25, 0.3) is 0 Å². The minimum absolute atomic E-state index is 0.109. The third kappa shape index (κ3) is 11.0. The molecule has 0 bridgehead atoms. The Balaban J connectivity index is 0.000000808. The van der Waals surface area contributed by atoms with Gasteiger partial charge < -0.3 is 14.3 Å². The predicted octanol–water partition coefficient (Wildman–Crippen LogP) is 6.29. The monoisotopic (exact) mass is 420 g/mol. The molecule has 2 aromatic rings. The molecular formula is C24H40N2O4. The van der Waals surface area contributed by atoms with E-state index < -0.39 is 5.60 Å². The summed E-state index contributed by atoms with van der Waals surface area (Å²) in [6.45, 7) is 16.0. The normalized spacial score (nSPS) is 15.0. The summed E-state index contributed by atoms with van der Waals surface area (Å²) < 4.78 is 10.9. The molecule has 6 heteroatoms. The fourth-order valence-corrected chi connectivity index (χ4v) is 2.57. The molecule has 1 aliphatic heterocycles. The summed E-state index contributed by atoms with van der Waals surface area (Å²) in [6, 6.07) is 9.56. The van der Waals surface area contributed by atoms with Crippen molar-refractivity contribution < 1.29 is 19.1 Å². The lowest BCUT2D eigenvalue weighted by Gasteiger charge is -2.21. The molecule has 0 aliphatic carbocycles. The largest absolute Gasteiger partial charge is 0.445 e. The van der Waals surface area contributed by atoms with Gasteiger partial charge >= 0.3 is 6.09 Å². The van der Waals surface area contributed by atoms with Gasteiger partial charge in [-0.05, 0) is 46.1 Å². The third-order valence-corrected chi connectivity index (χ3v) is 3.62. The van der Waals surface area contributed by atoms with Crippen LogP contribution >= 0.6 is 0 Å². The number of nitrogens with zero attached hydrogens (tertiary/aromatic N) is 2. The number of aromatic nitrogens is 1. The maximum atomic E-state index is 12.2. The number of rotatable bonds is 3. The van der Waals surface area contributed by atoms with Gasteiger partial charge in [-0.25, -0.2) is 9.78 Å². The zero-order valence-corrected chi connectivity index (χ0v) is 19.9. The standard InChI is InChI=1S/C16H18N2O3.C4H10O.2C2H6/c1-12-10-17-15(21-12)14-8-5-9-18(14)16(19)20-11-13-6-3-2-4-7-13;1-4(2,3)5;2*1-2/h2-4,6-7,10,14H,5,8-9,11H2,1H3;5H,1-3H3;2*1-2H3. The minimum atomic E-state index is -0.500. The first-order valence-electron chi connectivity index (χ1n) is 10.9. The molecule has 170 valence electrons. The summed E-state index contributed by atoms with van der Waals surface area (Å²) in [4.78, 5) is 18.2. The number of carbonyl (C=O) groups is 1. The molecule has 6 nitrogen and oxygen atoms in total. The Morgan fingerprint density at radius 3 is 2.27 bits per heavy atom. The molecule has 0 radical (unpaired) electrons. The molecule has 3 rings (SSSR count). The van der Waals surface area contributed by atoms with Gasteiger partial charge in [-0.1, -0.05) is 58.0 Å². The number of aliphatic hydroxyl groups is 1. The number of carbonyl (C=O) groups excluding carboxylic acids is 1. The summed E-state index contributed by atoms with van der Waals surface area (Å²) in [7, 11) is 0. The molecule has 1 N–H and O–H groups in total. The number of aryl methyl sites for hydroxylation is 1. The molecular weight excluding hydrogens is 380 g/mol. The molecule has 1 amide bonds. The maximum absolute atomic E-state index is 12.2. The Hall–Kier alpha value is -2.34. The van der Waals surface area contributed by atoms with Crippen LogP contribution in [0.2, 0.25) is 0 Å². The van der Waals surface area contributed by atoms with Crippen molar-refractivity contribution in [3.05, 3.63) is 53.7 Å². The fourth-order valence-electron chi connectivity index (χ4n) is 2.57. The first kappa shape index (κ1) is 27.7. The molecule has 1 aromatic carbocycles. The highest BCUT2D eigenvalue weighted by atomic mass is 16.6. The van der Waals surface area contributed by atoms with Crippen molar-refractivity contribution in [1.82, 2.24) is 9.88 Å². The lowest BCUT2D eigenvalue weighted by atomic mass is 10.2. The molecule has 30 heavy (non-hydrogen) atoms. The summed E-state index contributed by atoms with van der Waals surface area (Å²) >= 11 is 0. The van der Waals surface area contributed by atoms with Crippen LogP contribution in [0, 0.1) is 6.92 Å². The molecule has 1 fully saturated rings. The number of hydrogen-bond acceptors (Lipinski definition) is 5. The van der Waals surface area contributed by atoms with E-state index in [9.17, 15) is 4.79 Å². The smallest absolute Gasteiger partial charge is 0.410 e. The number of oxazole rings is 1. The van der Waals surface area contributed by atoms with Crippen LogP contribution in [-0.2, 0) is 11.3 Å². The Morgan fingerprint density at radius 1 is 1.20 bits per heavy atom. The molecule has 0 spiro atoms. The third-order valence-electron chi connectivity index (χ3n) is 3.62. The van der Waals surface area contributed by atoms with Crippen LogP contribution in [0.5, 0.6) is 0 Å². The first-order valence-corrected chi connectivity index (χ1v) is 10.9. The number of ether oxygens (including phenoxy) is 1. The maximum Gasteiger partial charge on any atom is 0.410 e. The average Bonchev–Trinajstić information content (AvgIpc) is 3.37. The quantitative estimate of drug-likeness (QED) is 0.632. The minimum Gasteiger partial charge on any atom is -0.445 e. The summed E-state index contributed by atoms with van der Waals surface area (Å²) in [6.07, 6.45) is 3.17. The first-order chi connectivity index (χ1) is 14.2. The van der Waals surface area contributed by atoms with E-state index >= 15 is 0 Å². The van der Waals surface area contributed by atoms with Gasteiger partial charge in [0.2, 0.25) is 5.89 Å². The van der Waals surface area contributed by atoms with E-state index in [2.05, 4.69) is 4.98 Å². The van der Waals surface area contributed by atoms with E-state index in [0.29, 0.717) is 12.4 Å². The van der Waals surface area contributed by atoms with Crippen LogP contribution in [0.1, 0.15) is 84.6 Å². The molecule has 1 unspecified atom stereocenters. The van der Waals surface area contributed by atoms with Crippen molar-refractivity contribution in [2.75, 3.05) is 6.54 Å². The number of hydrogen-bond donors (Lipinski definition) is 1. The Bertz CT molecular complexity index is 687.